The highest BCUT2D eigenvalue weighted by molar-refractivity contribution is 6.05. The highest BCUT2D eigenvalue weighted by Gasteiger charge is 2.27. The molecule has 1 heterocycles. The summed E-state index contributed by atoms with van der Waals surface area (Å²) in [5.74, 6) is -0.541. The molecule has 1 amide bonds. The van der Waals surface area contributed by atoms with E-state index in [0.29, 0.717) is 29.2 Å². The number of carbonyl (C=O) groups is 3. The van der Waals surface area contributed by atoms with Crippen molar-refractivity contribution in [3.63, 3.8) is 0 Å². The number of rotatable bonds is 7. The second kappa shape index (κ2) is 8.45. The number of nitrogens with one attached hydrogen (secondary N) is 1. The number of aromatic nitrogens is 1. The lowest BCUT2D eigenvalue weighted by Crippen LogP contribution is -2.15. The van der Waals surface area contributed by atoms with Gasteiger partial charge in [-0.2, -0.15) is 0 Å². The number of carbonyl (C=O) groups excluding carboxylic acids is 3. The van der Waals surface area contributed by atoms with Crippen molar-refractivity contribution >= 4 is 34.3 Å². The molecule has 0 spiro atoms. The Kier molecular flexibility index (Phi) is 5.57. The molecule has 152 valence electrons. The number of amides is 1. The maximum Gasteiger partial charge on any atom is 0.339 e. The fourth-order valence-corrected chi connectivity index (χ4v) is 3.23. The van der Waals surface area contributed by atoms with Gasteiger partial charge in [-0.25, -0.2) is 4.79 Å². The third-order valence-corrected chi connectivity index (χ3v) is 5.10. The molecule has 3 aromatic rings. The van der Waals surface area contributed by atoms with Crippen molar-refractivity contribution in [1.29, 1.82) is 0 Å². The zero-order valence-corrected chi connectivity index (χ0v) is 16.7. The molecule has 0 aliphatic heterocycles. The van der Waals surface area contributed by atoms with Crippen LogP contribution in [0.4, 0.5) is 5.69 Å². The van der Waals surface area contributed by atoms with E-state index in [2.05, 4.69) is 10.3 Å². The van der Waals surface area contributed by atoms with E-state index in [4.69, 9.17) is 4.74 Å². The molecular formula is C24H22N2O4. The number of pyridine rings is 1. The predicted molar refractivity (Wildman–Crippen MR) is 114 cm³/mol. The van der Waals surface area contributed by atoms with E-state index in [-0.39, 0.29) is 18.3 Å². The lowest BCUT2D eigenvalue weighted by molar-refractivity contribution is -0.115. The number of fused-ring (bicyclic) bond motifs is 1. The number of hydrogen-bond donors (Lipinski definition) is 1. The van der Waals surface area contributed by atoms with Crippen LogP contribution in [-0.2, 0) is 9.53 Å². The van der Waals surface area contributed by atoms with E-state index in [1.807, 2.05) is 24.3 Å². The molecule has 0 radical (unpaired) electrons. The van der Waals surface area contributed by atoms with Crippen LogP contribution >= 0.6 is 0 Å². The highest BCUT2D eigenvalue weighted by atomic mass is 16.5. The zero-order valence-electron chi connectivity index (χ0n) is 16.7. The Balaban J connectivity index is 1.46. The van der Waals surface area contributed by atoms with E-state index in [1.165, 1.54) is 0 Å². The van der Waals surface area contributed by atoms with Gasteiger partial charge in [0.15, 0.2) is 12.4 Å². The first kappa shape index (κ1) is 19.8. The molecule has 1 aliphatic rings. The number of hydrogen-bond acceptors (Lipinski definition) is 5. The molecule has 0 unspecified atom stereocenters. The quantitative estimate of drug-likeness (QED) is 0.465. The first-order valence-corrected chi connectivity index (χ1v) is 10.0. The van der Waals surface area contributed by atoms with E-state index >= 15 is 0 Å². The first-order chi connectivity index (χ1) is 14.5. The topological polar surface area (TPSA) is 85.4 Å². The van der Waals surface area contributed by atoms with Gasteiger partial charge in [0.1, 0.15) is 0 Å². The number of ether oxygens (including phenoxy) is 1. The van der Waals surface area contributed by atoms with Crippen molar-refractivity contribution in [2.75, 3.05) is 11.9 Å². The van der Waals surface area contributed by atoms with E-state index in [1.54, 1.807) is 37.3 Å². The molecule has 4 rings (SSSR count). The Labute approximate surface area is 174 Å². The Bertz CT molecular complexity index is 1120. The molecule has 1 N–H and O–H groups in total. The van der Waals surface area contributed by atoms with Crippen molar-refractivity contribution in [2.24, 2.45) is 0 Å². The van der Waals surface area contributed by atoms with Crippen LogP contribution in [0.1, 0.15) is 58.5 Å². The van der Waals surface area contributed by atoms with Crippen LogP contribution in [0.3, 0.4) is 0 Å². The number of ketones is 1. The largest absolute Gasteiger partial charge is 0.454 e. The van der Waals surface area contributed by atoms with Crippen LogP contribution < -0.4 is 5.32 Å². The summed E-state index contributed by atoms with van der Waals surface area (Å²) in [5, 5.41) is 3.44. The molecule has 1 aliphatic carbocycles. The van der Waals surface area contributed by atoms with Gasteiger partial charge in [0.25, 0.3) is 0 Å². The molecule has 1 saturated carbocycles. The third-order valence-electron chi connectivity index (χ3n) is 5.10. The fraction of sp³-hybridized carbons (Fsp3) is 0.250. The van der Waals surface area contributed by atoms with E-state index < -0.39 is 5.97 Å². The van der Waals surface area contributed by atoms with Crippen molar-refractivity contribution in [3.8, 4) is 0 Å². The maximum absolute atomic E-state index is 12.7. The summed E-state index contributed by atoms with van der Waals surface area (Å²) in [6.07, 6.45) is 2.53. The summed E-state index contributed by atoms with van der Waals surface area (Å²) in [5.41, 5.74) is 3.12. The molecule has 6 heteroatoms. The van der Waals surface area contributed by atoms with Gasteiger partial charge in [-0.1, -0.05) is 25.1 Å². The van der Waals surface area contributed by atoms with Gasteiger partial charge >= 0.3 is 5.97 Å². The van der Waals surface area contributed by atoms with E-state index in [9.17, 15) is 14.4 Å². The minimum Gasteiger partial charge on any atom is -0.454 e. The lowest BCUT2D eigenvalue weighted by Gasteiger charge is -2.10. The van der Waals surface area contributed by atoms with Gasteiger partial charge in [0, 0.05) is 34.7 Å². The van der Waals surface area contributed by atoms with Crippen molar-refractivity contribution < 1.29 is 19.1 Å². The minimum absolute atomic E-state index is 0.0989. The van der Waals surface area contributed by atoms with Gasteiger partial charge in [0.2, 0.25) is 5.91 Å². The summed E-state index contributed by atoms with van der Waals surface area (Å²) in [6, 6.07) is 15.8. The third kappa shape index (κ3) is 4.38. The Morgan fingerprint density at radius 3 is 2.50 bits per heavy atom. The summed E-state index contributed by atoms with van der Waals surface area (Å²) < 4.78 is 5.33. The van der Waals surface area contributed by atoms with Crippen LogP contribution in [0.15, 0.2) is 54.6 Å². The second-order valence-electron chi connectivity index (χ2n) is 7.36. The van der Waals surface area contributed by atoms with Crippen molar-refractivity contribution in [2.45, 2.75) is 32.1 Å². The molecule has 30 heavy (non-hydrogen) atoms. The highest BCUT2D eigenvalue weighted by Crippen LogP contribution is 2.40. The first-order valence-electron chi connectivity index (χ1n) is 10.0. The maximum atomic E-state index is 12.7. The normalized spacial score (nSPS) is 13.1. The van der Waals surface area contributed by atoms with Gasteiger partial charge in [-0.15, -0.1) is 0 Å². The molecule has 1 fully saturated rings. The SMILES string of the molecule is CCC(=O)Nc1ccc(C(=O)COC(=O)c2cc(C3CC3)nc3ccccc23)cc1. The second-order valence-corrected chi connectivity index (χ2v) is 7.36. The van der Waals surface area contributed by atoms with E-state index in [0.717, 1.165) is 29.4 Å². The van der Waals surface area contributed by atoms with Crippen LogP contribution in [0.2, 0.25) is 0 Å². The number of para-hydroxylation sites is 1. The van der Waals surface area contributed by atoms with Crippen molar-refractivity contribution in [3.05, 3.63) is 71.4 Å². The predicted octanol–water partition coefficient (Wildman–Crippen LogP) is 4.50. The van der Waals surface area contributed by atoms with Gasteiger partial charge in [-0.05, 0) is 49.2 Å². The molecule has 1 aromatic heterocycles. The Morgan fingerprint density at radius 1 is 1.07 bits per heavy atom. The standard InChI is InChI=1S/C24H22N2O4/c1-2-23(28)25-17-11-9-16(10-12-17)22(27)14-30-24(29)19-13-21(15-7-8-15)26-20-6-4-3-5-18(19)20/h3-6,9-13,15H,2,7-8,14H2,1H3,(H,25,28). The monoisotopic (exact) mass is 402 g/mol. The summed E-state index contributed by atoms with van der Waals surface area (Å²) >= 11 is 0. The lowest BCUT2D eigenvalue weighted by atomic mass is 10.1. The zero-order chi connectivity index (χ0) is 21.1. The summed E-state index contributed by atoms with van der Waals surface area (Å²) in [4.78, 5) is 41.3. The minimum atomic E-state index is -0.532. The smallest absolute Gasteiger partial charge is 0.339 e. The molecule has 0 bridgehead atoms. The van der Waals surface area contributed by atoms with Gasteiger partial charge in [-0.3, -0.25) is 14.6 Å². The molecule has 6 nitrogen and oxygen atoms in total. The van der Waals surface area contributed by atoms with Crippen LogP contribution in [-0.4, -0.2) is 29.3 Å². The Hall–Kier alpha value is -3.54. The molecule has 2 aromatic carbocycles. The number of benzene rings is 2. The molecule has 0 saturated heterocycles. The van der Waals surface area contributed by atoms with Crippen molar-refractivity contribution in [1.82, 2.24) is 4.98 Å². The van der Waals surface area contributed by atoms with Crippen LogP contribution in [0, 0.1) is 0 Å². The van der Waals surface area contributed by atoms with Crippen LogP contribution in [0.25, 0.3) is 10.9 Å². The average Bonchev–Trinajstić information content (AvgIpc) is 3.62. The number of esters is 1. The number of Topliss-reactive ketones (excluding diaryl/α,β-unsaturated/α-hetero) is 1. The molecule has 0 atom stereocenters. The van der Waals surface area contributed by atoms with Gasteiger partial charge < -0.3 is 10.1 Å². The summed E-state index contributed by atoms with van der Waals surface area (Å²) in [7, 11) is 0. The van der Waals surface area contributed by atoms with Gasteiger partial charge in [0.05, 0.1) is 11.1 Å². The fourth-order valence-electron chi connectivity index (χ4n) is 3.23. The van der Waals surface area contributed by atoms with Crippen LogP contribution in [0.5, 0.6) is 0 Å². The summed E-state index contributed by atoms with van der Waals surface area (Å²) in [6.45, 7) is 1.41. The Morgan fingerprint density at radius 2 is 1.80 bits per heavy atom. The number of anilines is 1. The average molecular weight is 402 g/mol. The number of nitrogens with zero attached hydrogens (tertiary/aromatic N) is 1. The molecular weight excluding hydrogens is 380 g/mol.